The summed E-state index contributed by atoms with van der Waals surface area (Å²) in [6.45, 7) is 1.47. The minimum absolute atomic E-state index is 0.0509. The van der Waals surface area contributed by atoms with E-state index in [9.17, 15) is 23.9 Å². The highest BCUT2D eigenvalue weighted by atomic mass is 19.1. The smallest absolute Gasteiger partial charge is 0.310 e. The second-order valence-electron chi connectivity index (χ2n) is 6.48. The molecule has 0 saturated heterocycles. The van der Waals surface area contributed by atoms with Crippen LogP contribution in [0.5, 0.6) is 11.5 Å². The van der Waals surface area contributed by atoms with Gasteiger partial charge in [-0.2, -0.15) is 0 Å². The number of pyridine rings is 1. The van der Waals surface area contributed by atoms with Crippen LogP contribution in [-0.2, 0) is 11.3 Å². The summed E-state index contributed by atoms with van der Waals surface area (Å²) in [5.41, 5.74) is 0.129. The Kier molecular flexibility index (Phi) is 4.46. The van der Waals surface area contributed by atoms with Crippen molar-refractivity contribution in [2.45, 2.75) is 19.9 Å². The fourth-order valence-corrected chi connectivity index (χ4v) is 3.24. The van der Waals surface area contributed by atoms with Gasteiger partial charge in [0.2, 0.25) is 0 Å². The number of halogens is 1. The number of phenolic OH excluding ortho intramolecular Hbond substituents is 1. The molecular weight excluding hydrogens is 379 g/mol. The second-order valence-corrected chi connectivity index (χ2v) is 6.48. The number of hydrogen-bond donors (Lipinski definition) is 1. The van der Waals surface area contributed by atoms with Crippen LogP contribution in [0.4, 0.5) is 4.39 Å². The van der Waals surface area contributed by atoms with Crippen molar-refractivity contribution in [3.63, 3.8) is 0 Å². The van der Waals surface area contributed by atoms with E-state index in [0.717, 1.165) is 4.90 Å². The zero-order valence-electron chi connectivity index (χ0n) is 15.3. The van der Waals surface area contributed by atoms with Gasteiger partial charge < -0.3 is 9.84 Å². The highest BCUT2D eigenvalue weighted by molar-refractivity contribution is 6.27. The fraction of sp³-hybridized carbons (Fsp3) is 0.143. The first kappa shape index (κ1) is 18.5. The number of nitrogens with zero attached hydrogens (tertiary/aromatic N) is 2. The number of rotatable bonds is 4. The van der Waals surface area contributed by atoms with Gasteiger partial charge in [0.05, 0.1) is 6.54 Å². The second kappa shape index (κ2) is 6.97. The van der Waals surface area contributed by atoms with Crippen molar-refractivity contribution in [3.8, 4) is 11.5 Å². The standard InChI is InChI=1S/C21H15FN2O5/c1-2-14(25)29-19-13-4-3-9-23-17(13)18(26)15-16(19)21(28)24(20(15)27)10-11-5-7-12(22)8-6-11/h3-9,26H,2,10H2,1H3. The van der Waals surface area contributed by atoms with Gasteiger partial charge in [-0.1, -0.05) is 19.1 Å². The molecule has 29 heavy (non-hydrogen) atoms. The van der Waals surface area contributed by atoms with Gasteiger partial charge in [-0.25, -0.2) is 4.39 Å². The van der Waals surface area contributed by atoms with Crippen LogP contribution in [0, 0.1) is 5.82 Å². The molecule has 0 atom stereocenters. The van der Waals surface area contributed by atoms with E-state index in [-0.39, 0.29) is 40.7 Å². The maximum atomic E-state index is 13.2. The van der Waals surface area contributed by atoms with Crippen LogP contribution in [0.25, 0.3) is 10.9 Å². The largest absolute Gasteiger partial charge is 0.505 e. The molecule has 1 N–H and O–H groups in total. The predicted molar refractivity (Wildman–Crippen MR) is 99.9 cm³/mol. The van der Waals surface area contributed by atoms with Gasteiger partial charge in [0, 0.05) is 18.0 Å². The van der Waals surface area contributed by atoms with Gasteiger partial charge in [0.25, 0.3) is 11.8 Å². The highest BCUT2D eigenvalue weighted by Crippen LogP contribution is 2.44. The molecule has 0 unspecified atom stereocenters. The molecule has 0 radical (unpaired) electrons. The van der Waals surface area contributed by atoms with E-state index < -0.39 is 29.4 Å². The van der Waals surface area contributed by atoms with Gasteiger partial charge in [0.1, 0.15) is 22.5 Å². The lowest BCUT2D eigenvalue weighted by Crippen LogP contribution is -2.29. The van der Waals surface area contributed by atoms with E-state index in [0.29, 0.717) is 5.56 Å². The van der Waals surface area contributed by atoms with Crippen molar-refractivity contribution in [3.05, 3.63) is 65.1 Å². The van der Waals surface area contributed by atoms with Crippen LogP contribution in [-0.4, -0.2) is 32.8 Å². The zero-order chi connectivity index (χ0) is 20.7. The van der Waals surface area contributed by atoms with Gasteiger partial charge in [-0.3, -0.25) is 24.3 Å². The fourth-order valence-electron chi connectivity index (χ4n) is 3.24. The molecule has 2 aromatic carbocycles. The molecule has 146 valence electrons. The van der Waals surface area contributed by atoms with Crippen LogP contribution in [0.3, 0.4) is 0 Å². The van der Waals surface area contributed by atoms with E-state index in [1.807, 2.05) is 0 Å². The van der Waals surface area contributed by atoms with Gasteiger partial charge >= 0.3 is 5.97 Å². The molecule has 1 aliphatic heterocycles. The maximum Gasteiger partial charge on any atom is 0.310 e. The minimum atomic E-state index is -0.742. The number of carbonyl (C=O) groups excluding carboxylic acids is 3. The Balaban J connectivity index is 1.88. The third kappa shape index (κ3) is 2.98. The molecule has 0 spiro atoms. The first-order valence-electron chi connectivity index (χ1n) is 8.87. The molecule has 8 heteroatoms. The number of hydrogen-bond acceptors (Lipinski definition) is 6. The summed E-state index contributed by atoms with van der Waals surface area (Å²) in [5, 5.41) is 10.9. The van der Waals surface area contributed by atoms with Crippen LogP contribution in [0.2, 0.25) is 0 Å². The summed E-state index contributed by atoms with van der Waals surface area (Å²) < 4.78 is 18.5. The third-order valence-electron chi connectivity index (χ3n) is 4.67. The summed E-state index contributed by atoms with van der Waals surface area (Å²) in [6, 6.07) is 8.45. The Morgan fingerprint density at radius 3 is 2.52 bits per heavy atom. The molecule has 1 aliphatic rings. The summed E-state index contributed by atoms with van der Waals surface area (Å²) in [5.74, 6) is -3.05. The Hall–Kier alpha value is -3.81. The van der Waals surface area contributed by atoms with E-state index >= 15 is 0 Å². The SMILES string of the molecule is CCC(=O)Oc1c2c(c(O)c3ncccc13)C(=O)N(Cc1ccc(F)cc1)C2=O. The van der Waals surface area contributed by atoms with Gasteiger partial charge in [-0.15, -0.1) is 0 Å². The number of fused-ring (bicyclic) bond motifs is 2. The highest BCUT2D eigenvalue weighted by Gasteiger charge is 2.42. The number of esters is 1. The predicted octanol–water partition coefficient (Wildman–Crippen LogP) is 3.19. The average Bonchev–Trinajstić information content (AvgIpc) is 2.97. The van der Waals surface area contributed by atoms with Gasteiger partial charge in [0.15, 0.2) is 11.5 Å². The number of phenols is 1. The first-order chi connectivity index (χ1) is 13.9. The lowest BCUT2D eigenvalue weighted by Gasteiger charge is -2.14. The molecule has 0 aliphatic carbocycles. The molecule has 1 aromatic heterocycles. The Morgan fingerprint density at radius 1 is 1.14 bits per heavy atom. The summed E-state index contributed by atoms with van der Waals surface area (Å²) in [6.07, 6.45) is 1.47. The normalized spacial score (nSPS) is 13.1. The monoisotopic (exact) mass is 394 g/mol. The number of benzene rings is 2. The zero-order valence-corrected chi connectivity index (χ0v) is 15.3. The van der Waals surface area contributed by atoms with E-state index in [4.69, 9.17) is 4.74 Å². The molecule has 0 saturated carbocycles. The van der Waals surface area contributed by atoms with E-state index in [1.54, 1.807) is 19.1 Å². The summed E-state index contributed by atoms with van der Waals surface area (Å²) in [7, 11) is 0. The number of carbonyl (C=O) groups is 3. The Bertz CT molecular complexity index is 1170. The first-order valence-corrected chi connectivity index (χ1v) is 8.87. The van der Waals surface area contributed by atoms with Crippen LogP contribution in [0.1, 0.15) is 39.6 Å². The van der Waals surface area contributed by atoms with Crippen molar-refractivity contribution in [2.75, 3.05) is 0 Å². The maximum absolute atomic E-state index is 13.2. The van der Waals surface area contributed by atoms with Crippen molar-refractivity contribution >= 4 is 28.7 Å². The molecule has 2 amide bonds. The van der Waals surface area contributed by atoms with Crippen molar-refractivity contribution < 1.29 is 28.6 Å². The molecule has 4 rings (SSSR count). The average molecular weight is 394 g/mol. The lowest BCUT2D eigenvalue weighted by molar-refractivity contribution is -0.133. The number of aromatic nitrogens is 1. The molecule has 2 heterocycles. The van der Waals surface area contributed by atoms with Crippen LogP contribution in [0.15, 0.2) is 42.6 Å². The van der Waals surface area contributed by atoms with Crippen LogP contribution < -0.4 is 4.74 Å². The topological polar surface area (TPSA) is 96.8 Å². The number of aromatic hydroxyl groups is 1. The number of amides is 2. The molecule has 0 fully saturated rings. The molecular formula is C21H15FN2O5. The third-order valence-corrected chi connectivity index (χ3v) is 4.67. The molecule has 3 aromatic rings. The Labute approximate surface area is 164 Å². The number of ether oxygens (including phenoxy) is 1. The van der Waals surface area contributed by atoms with Crippen molar-refractivity contribution in [1.29, 1.82) is 0 Å². The molecule has 7 nitrogen and oxygen atoms in total. The quantitative estimate of drug-likeness (QED) is 0.415. The minimum Gasteiger partial charge on any atom is -0.505 e. The summed E-state index contributed by atoms with van der Waals surface area (Å²) in [4.78, 5) is 43.0. The van der Waals surface area contributed by atoms with E-state index in [1.165, 1.54) is 30.5 Å². The van der Waals surface area contributed by atoms with Crippen molar-refractivity contribution in [2.24, 2.45) is 0 Å². The lowest BCUT2D eigenvalue weighted by atomic mass is 10.0. The Morgan fingerprint density at radius 2 is 1.83 bits per heavy atom. The van der Waals surface area contributed by atoms with Crippen molar-refractivity contribution in [1.82, 2.24) is 9.88 Å². The van der Waals surface area contributed by atoms with Crippen LogP contribution >= 0.6 is 0 Å². The summed E-state index contributed by atoms with van der Waals surface area (Å²) >= 11 is 0. The van der Waals surface area contributed by atoms with E-state index in [2.05, 4.69) is 4.98 Å². The number of imide groups is 1. The molecule has 0 bridgehead atoms. The van der Waals surface area contributed by atoms with Gasteiger partial charge in [-0.05, 0) is 29.8 Å².